The van der Waals surface area contributed by atoms with E-state index in [9.17, 15) is 0 Å². The van der Waals surface area contributed by atoms with E-state index in [1.165, 1.54) is 67.0 Å². The number of rotatable bonds is 12. The number of imidazole rings is 1. The molecule has 3 rings (SSSR count). The van der Waals surface area contributed by atoms with Crippen LogP contribution in [-0.4, -0.2) is 15.3 Å². The van der Waals surface area contributed by atoms with Crippen molar-refractivity contribution < 1.29 is 0 Å². The summed E-state index contributed by atoms with van der Waals surface area (Å²) in [5.41, 5.74) is 1.43. The van der Waals surface area contributed by atoms with Gasteiger partial charge in [-0.15, -0.1) is 0 Å². The van der Waals surface area contributed by atoms with E-state index in [0.29, 0.717) is 5.25 Å². The van der Waals surface area contributed by atoms with Crippen molar-refractivity contribution in [2.75, 3.05) is 5.75 Å². The smallest absolute Gasteiger partial charge is 0.0946 e. The van der Waals surface area contributed by atoms with Gasteiger partial charge in [-0.05, 0) is 34.6 Å². The molecule has 0 bridgehead atoms. The van der Waals surface area contributed by atoms with Crippen molar-refractivity contribution in [1.82, 2.24) is 9.55 Å². The minimum Gasteiger partial charge on any atom is -0.336 e. The fourth-order valence-corrected chi connectivity index (χ4v) is 4.81. The molecule has 1 heterocycles. The van der Waals surface area contributed by atoms with Gasteiger partial charge >= 0.3 is 0 Å². The lowest BCUT2D eigenvalue weighted by Crippen LogP contribution is -2.06. The first-order chi connectivity index (χ1) is 13.4. The summed E-state index contributed by atoms with van der Waals surface area (Å²) >= 11 is 2.10. The molecule has 1 aromatic heterocycles. The summed E-state index contributed by atoms with van der Waals surface area (Å²) in [5.74, 6) is 1.24. The molecule has 2 aromatic carbocycles. The van der Waals surface area contributed by atoms with E-state index in [2.05, 4.69) is 76.9 Å². The van der Waals surface area contributed by atoms with Gasteiger partial charge in [0, 0.05) is 24.2 Å². The van der Waals surface area contributed by atoms with E-state index < -0.39 is 0 Å². The van der Waals surface area contributed by atoms with Gasteiger partial charge in [0.15, 0.2) is 0 Å². The molecular weight excluding hydrogens is 348 g/mol. The molecule has 1 atom stereocenters. The average molecular weight is 381 g/mol. The van der Waals surface area contributed by atoms with Crippen molar-refractivity contribution in [2.24, 2.45) is 0 Å². The third kappa shape index (κ3) is 6.42. The molecule has 0 saturated carbocycles. The Balaban J connectivity index is 1.57. The monoisotopic (exact) mass is 380 g/mol. The second kappa shape index (κ2) is 11.2. The summed E-state index contributed by atoms with van der Waals surface area (Å²) in [6, 6.07) is 15.6. The molecule has 0 aliphatic heterocycles. The van der Waals surface area contributed by atoms with Crippen LogP contribution in [0.3, 0.4) is 0 Å². The molecule has 0 N–H and O–H groups in total. The van der Waals surface area contributed by atoms with Crippen molar-refractivity contribution in [3.8, 4) is 0 Å². The zero-order valence-electron chi connectivity index (χ0n) is 16.5. The van der Waals surface area contributed by atoms with E-state index in [0.717, 1.165) is 6.54 Å². The number of fused-ring (bicyclic) bond motifs is 1. The molecule has 0 amide bonds. The highest BCUT2D eigenvalue weighted by atomic mass is 32.2. The average Bonchev–Trinajstić information content (AvgIpc) is 3.22. The van der Waals surface area contributed by atoms with Gasteiger partial charge in [0.05, 0.1) is 6.33 Å². The summed E-state index contributed by atoms with van der Waals surface area (Å²) in [6.07, 6.45) is 15.5. The van der Waals surface area contributed by atoms with E-state index in [1.807, 2.05) is 12.5 Å². The van der Waals surface area contributed by atoms with E-state index in [4.69, 9.17) is 0 Å². The summed E-state index contributed by atoms with van der Waals surface area (Å²) in [4.78, 5) is 4.22. The lowest BCUT2D eigenvalue weighted by molar-refractivity contribution is 0.603. The van der Waals surface area contributed by atoms with Crippen molar-refractivity contribution in [1.29, 1.82) is 0 Å². The fraction of sp³-hybridized carbons (Fsp3) is 0.458. The van der Waals surface area contributed by atoms with Gasteiger partial charge < -0.3 is 4.57 Å². The SMILES string of the molecule is CCCCCCCCCSC(Cn1ccnc1)c1ccc2ccccc2c1. The lowest BCUT2D eigenvalue weighted by Gasteiger charge is -2.18. The van der Waals surface area contributed by atoms with Crippen LogP contribution in [0.4, 0.5) is 0 Å². The molecule has 0 aliphatic carbocycles. The summed E-state index contributed by atoms with van der Waals surface area (Å²) in [5, 5.41) is 3.13. The van der Waals surface area contributed by atoms with Crippen LogP contribution in [0.5, 0.6) is 0 Å². The molecule has 1 unspecified atom stereocenters. The van der Waals surface area contributed by atoms with Gasteiger partial charge in [-0.2, -0.15) is 11.8 Å². The number of hydrogen-bond acceptors (Lipinski definition) is 2. The second-order valence-electron chi connectivity index (χ2n) is 7.35. The number of nitrogens with zero attached hydrogens (tertiary/aromatic N) is 2. The van der Waals surface area contributed by atoms with Crippen LogP contribution in [0.15, 0.2) is 61.2 Å². The third-order valence-corrected chi connectivity index (χ3v) is 6.50. The maximum Gasteiger partial charge on any atom is 0.0946 e. The topological polar surface area (TPSA) is 17.8 Å². The minimum absolute atomic E-state index is 0.476. The van der Waals surface area contributed by atoms with Gasteiger partial charge in [-0.1, -0.05) is 81.8 Å². The highest BCUT2D eigenvalue weighted by molar-refractivity contribution is 7.99. The van der Waals surface area contributed by atoms with E-state index in [-0.39, 0.29) is 0 Å². The maximum atomic E-state index is 4.22. The van der Waals surface area contributed by atoms with Crippen molar-refractivity contribution in [2.45, 2.75) is 63.7 Å². The summed E-state index contributed by atoms with van der Waals surface area (Å²) in [7, 11) is 0. The molecule has 144 valence electrons. The fourth-order valence-electron chi connectivity index (χ4n) is 3.53. The van der Waals surface area contributed by atoms with Crippen LogP contribution in [0.25, 0.3) is 10.8 Å². The molecule has 3 heteroatoms. The number of unbranched alkanes of at least 4 members (excludes halogenated alkanes) is 6. The second-order valence-corrected chi connectivity index (χ2v) is 8.66. The Morgan fingerprint density at radius 3 is 2.48 bits per heavy atom. The van der Waals surface area contributed by atoms with Gasteiger partial charge in [0.1, 0.15) is 0 Å². The van der Waals surface area contributed by atoms with Crippen molar-refractivity contribution >= 4 is 22.5 Å². The maximum absolute atomic E-state index is 4.22. The van der Waals surface area contributed by atoms with Crippen LogP contribution >= 0.6 is 11.8 Å². The molecule has 3 aromatic rings. The van der Waals surface area contributed by atoms with Crippen LogP contribution in [0.2, 0.25) is 0 Å². The molecule has 0 radical (unpaired) electrons. The molecule has 0 saturated heterocycles. The third-order valence-electron chi connectivity index (χ3n) is 5.15. The van der Waals surface area contributed by atoms with E-state index in [1.54, 1.807) is 0 Å². The zero-order valence-corrected chi connectivity index (χ0v) is 17.3. The predicted octanol–water partition coefficient (Wildman–Crippen LogP) is 7.26. The van der Waals surface area contributed by atoms with Gasteiger partial charge in [-0.25, -0.2) is 4.98 Å². The summed E-state index contributed by atoms with van der Waals surface area (Å²) in [6.45, 7) is 3.27. The normalized spacial score (nSPS) is 12.5. The number of thioether (sulfide) groups is 1. The zero-order chi connectivity index (χ0) is 18.7. The standard InChI is InChI=1S/C24H32N2S/c1-2-3-4-5-6-7-10-17-27-24(19-26-16-15-25-20-26)23-14-13-21-11-8-9-12-22(21)18-23/h8-9,11-16,18,20,24H,2-7,10,17,19H2,1H3. The van der Waals surface area contributed by atoms with Crippen LogP contribution in [-0.2, 0) is 6.54 Å². The predicted molar refractivity (Wildman–Crippen MR) is 119 cm³/mol. The Labute approximate surface area is 168 Å². The van der Waals surface area contributed by atoms with Crippen LogP contribution < -0.4 is 0 Å². The van der Waals surface area contributed by atoms with Crippen LogP contribution in [0.1, 0.15) is 62.7 Å². The Bertz CT molecular complexity index is 782. The Morgan fingerprint density at radius 2 is 1.70 bits per heavy atom. The first-order valence-corrected chi connectivity index (χ1v) is 11.5. The van der Waals surface area contributed by atoms with Crippen molar-refractivity contribution in [3.05, 3.63) is 66.7 Å². The largest absolute Gasteiger partial charge is 0.336 e. The highest BCUT2D eigenvalue weighted by Crippen LogP contribution is 2.33. The Kier molecular flexibility index (Phi) is 8.29. The molecule has 0 spiro atoms. The molecule has 27 heavy (non-hydrogen) atoms. The summed E-state index contributed by atoms with van der Waals surface area (Å²) < 4.78 is 2.21. The number of hydrogen-bond donors (Lipinski definition) is 0. The number of benzene rings is 2. The van der Waals surface area contributed by atoms with Crippen LogP contribution in [0, 0.1) is 0 Å². The Hall–Kier alpha value is -1.74. The molecule has 2 nitrogen and oxygen atoms in total. The van der Waals surface area contributed by atoms with Gasteiger partial charge in [0.2, 0.25) is 0 Å². The first kappa shape index (κ1) is 20.0. The lowest BCUT2D eigenvalue weighted by atomic mass is 10.0. The highest BCUT2D eigenvalue weighted by Gasteiger charge is 2.13. The van der Waals surface area contributed by atoms with Crippen molar-refractivity contribution in [3.63, 3.8) is 0 Å². The Morgan fingerprint density at radius 1 is 0.926 bits per heavy atom. The molecule has 0 aliphatic rings. The van der Waals surface area contributed by atoms with E-state index >= 15 is 0 Å². The minimum atomic E-state index is 0.476. The van der Waals surface area contributed by atoms with Gasteiger partial charge in [-0.3, -0.25) is 0 Å². The quantitative estimate of drug-likeness (QED) is 0.308. The van der Waals surface area contributed by atoms with Gasteiger partial charge in [0.25, 0.3) is 0 Å². The number of aromatic nitrogens is 2. The molecular formula is C24H32N2S. The molecule has 0 fully saturated rings. The first-order valence-electron chi connectivity index (χ1n) is 10.4.